The van der Waals surface area contributed by atoms with Crippen molar-refractivity contribution in [3.05, 3.63) is 47.6 Å². The number of aromatic nitrogens is 4. The maximum Gasteiger partial charge on any atom is 0.172 e. The molecule has 92 valence electrons. The van der Waals surface area contributed by atoms with Gasteiger partial charge in [-0.2, -0.15) is 0 Å². The zero-order valence-electron chi connectivity index (χ0n) is 10.2. The van der Waals surface area contributed by atoms with E-state index in [2.05, 4.69) is 34.2 Å². The Morgan fingerprint density at radius 2 is 2.11 bits per heavy atom. The molecule has 0 atom stereocenters. The second-order valence-electron chi connectivity index (χ2n) is 4.47. The zero-order chi connectivity index (χ0) is 12.8. The first-order valence-corrected chi connectivity index (χ1v) is 6.85. The predicted molar refractivity (Wildman–Crippen MR) is 76.3 cm³/mol. The highest BCUT2D eigenvalue weighted by atomic mass is 32.1. The summed E-state index contributed by atoms with van der Waals surface area (Å²) in [7, 11) is 0. The van der Waals surface area contributed by atoms with Gasteiger partial charge in [-0.15, -0.1) is 21.5 Å². The van der Waals surface area contributed by atoms with E-state index >= 15 is 0 Å². The molecular weight excluding hydrogens is 256 g/mol. The first-order chi connectivity index (χ1) is 9.33. The molecule has 0 unspecified atom stereocenters. The minimum atomic E-state index is 0.833. The normalized spacial score (nSPS) is 11.4. The summed E-state index contributed by atoms with van der Waals surface area (Å²) in [6, 6.07) is 10.3. The molecule has 0 N–H and O–H groups in total. The van der Waals surface area contributed by atoms with Crippen LogP contribution in [0.25, 0.3) is 27.3 Å². The number of rotatable bonds is 1. The molecule has 5 heteroatoms. The summed E-state index contributed by atoms with van der Waals surface area (Å²) in [4.78, 5) is 5.45. The van der Waals surface area contributed by atoms with Crippen molar-refractivity contribution in [1.29, 1.82) is 0 Å². The molecule has 1 aromatic carbocycles. The van der Waals surface area contributed by atoms with Crippen LogP contribution < -0.4 is 0 Å². The number of thiophene rings is 1. The van der Waals surface area contributed by atoms with Crippen molar-refractivity contribution >= 4 is 27.2 Å². The van der Waals surface area contributed by atoms with E-state index < -0.39 is 0 Å². The van der Waals surface area contributed by atoms with Gasteiger partial charge < -0.3 is 0 Å². The van der Waals surface area contributed by atoms with E-state index in [1.165, 1.54) is 5.56 Å². The number of nitrogens with zero attached hydrogens (tertiary/aromatic N) is 4. The number of hydrogen-bond donors (Lipinski definition) is 0. The molecule has 0 aliphatic rings. The molecule has 0 bridgehead atoms. The highest BCUT2D eigenvalue weighted by molar-refractivity contribution is 7.16. The van der Waals surface area contributed by atoms with Gasteiger partial charge in [0.2, 0.25) is 0 Å². The number of fused-ring (bicyclic) bond motifs is 3. The first kappa shape index (κ1) is 10.6. The monoisotopic (exact) mass is 266 g/mol. The van der Waals surface area contributed by atoms with Crippen molar-refractivity contribution in [2.24, 2.45) is 0 Å². The Morgan fingerprint density at radius 3 is 3.00 bits per heavy atom. The lowest BCUT2D eigenvalue weighted by Crippen LogP contribution is -1.91. The molecule has 0 spiro atoms. The Bertz CT molecular complexity index is 891. The van der Waals surface area contributed by atoms with E-state index in [9.17, 15) is 0 Å². The molecular formula is C14H10N4S. The van der Waals surface area contributed by atoms with Crippen molar-refractivity contribution in [3.8, 4) is 11.4 Å². The van der Waals surface area contributed by atoms with Crippen LogP contribution in [0.5, 0.6) is 0 Å². The summed E-state index contributed by atoms with van der Waals surface area (Å²) in [5.41, 5.74) is 3.13. The molecule has 0 fully saturated rings. The smallest absolute Gasteiger partial charge is 0.172 e. The second kappa shape index (κ2) is 3.86. The minimum Gasteiger partial charge on any atom is -0.265 e. The van der Waals surface area contributed by atoms with Gasteiger partial charge in [0.05, 0.1) is 5.39 Å². The van der Waals surface area contributed by atoms with E-state index in [1.54, 1.807) is 17.7 Å². The van der Waals surface area contributed by atoms with Crippen LogP contribution in [-0.2, 0) is 0 Å². The summed E-state index contributed by atoms with van der Waals surface area (Å²) in [6.45, 7) is 2.07. The molecule has 0 saturated heterocycles. The van der Waals surface area contributed by atoms with E-state index in [0.717, 1.165) is 27.3 Å². The Kier molecular flexibility index (Phi) is 2.16. The molecule has 4 aromatic rings. The van der Waals surface area contributed by atoms with Crippen LogP contribution in [0.2, 0.25) is 0 Å². The molecule has 0 aliphatic carbocycles. The van der Waals surface area contributed by atoms with Gasteiger partial charge in [0, 0.05) is 5.56 Å². The number of aryl methyl sites for hydroxylation is 1. The fraction of sp³-hybridized carbons (Fsp3) is 0.0714. The van der Waals surface area contributed by atoms with Crippen molar-refractivity contribution in [1.82, 2.24) is 19.6 Å². The molecule has 4 rings (SSSR count). The van der Waals surface area contributed by atoms with Crippen LogP contribution in [0.15, 0.2) is 42.0 Å². The fourth-order valence-electron chi connectivity index (χ4n) is 2.25. The van der Waals surface area contributed by atoms with Crippen molar-refractivity contribution in [3.63, 3.8) is 0 Å². The Morgan fingerprint density at radius 1 is 1.16 bits per heavy atom. The van der Waals surface area contributed by atoms with E-state index in [4.69, 9.17) is 0 Å². The largest absolute Gasteiger partial charge is 0.265 e. The van der Waals surface area contributed by atoms with E-state index in [0.29, 0.717) is 0 Å². The zero-order valence-corrected chi connectivity index (χ0v) is 11.1. The van der Waals surface area contributed by atoms with Gasteiger partial charge >= 0.3 is 0 Å². The van der Waals surface area contributed by atoms with E-state index in [1.807, 2.05) is 28.0 Å². The Hall–Kier alpha value is -2.27. The van der Waals surface area contributed by atoms with Gasteiger partial charge in [0.25, 0.3) is 0 Å². The maximum absolute atomic E-state index is 4.45. The van der Waals surface area contributed by atoms with Crippen LogP contribution >= 0.6 is 11.3 Å². The van der Waals surface area contributed by atoms with Crippen LogP contribution in [0.1, 0.15) is 5.56 Å². The lowest BCUT2D eigenvalue weighted by molar-refractivity contribution is 1.09. The highest BCUT2D eigenvalue weighted by Crippen LogP contribution is 2.25. The van der Waals surface area contributed by atoms with Crippen molar-refractivity contribution in [2.45, 2.75) is 6.92 Å². The van der Waals surface area contributed by atoms with Crippen LogP contribution in [0.4, 0.5) is 0 Å². The molecule has 19 heavy (non-hydrogen) atoms. The third-order valence-electron chi connectivity index (χ3n) is 3.15. The molecule has 3 heterocycles. The standard InChI is InChI=1S/C14H10N4S/c1-9-3-2-4-10(7-9)12-16-17-13-11-5-6-19-14(11)15-8-18(12)13/h2-8H,1H3. The number of benzene rings is 1. The third-order valence-corrected chi connectivity index (χ3v) is 3.97. The second-order valence-corrected chi connectivity index (χ2v) is 5.37. The fourth-order valence-corrected chi connectivity index (χ4v) is 2.97. The molecule has 0 aliphatic heterocycles. The third kappa shape index (κ3) is 1.55. The Labute approximate surface area is 113 Å². The van der Waals surface area contributed by atoms with Gasteiger partial charge in [-0.1, -0.05) is 23.8 Å². The van der Waals surface area contributed by atoms with Crippen molar-refractivity contribution in [2.75, 3.05) is 0 Å². The van der Waals surface area contributed by atoms with Crippen LogP contribution in [0, 0.1) is 6.92 Å². The average Bonchev–Trinajstić information content (AvgIpc) is 3.04. The SMILES string of the molecule is Cc1cccc(-c2nnc3c4ccsc4ncn23)c1. The van der Waals surface area contributed by atoms with Gasteiger partial charge in [-0.3, -0.25) is 4.40 Å². The maximum atomic E-state index is 4.45. The molecule has 4 nitrogen and oxygen atoms in total. The highest BCUT2D eigenvalue weighted by Gasteiger charge is 2.11. The van der Waals surface area contributed by atoms with Gasteiger partial charge in [0.15, 0.2) is 11.5 Å². The molecule has 3 aromatic heterocycles. The Balaban J connectivity index is 2.05. The van der Waals surface area contributed by atoms with Crippen LogP contribution in [0.3, 0.4) is 0 Å². The summed E-state index contributed by atoms with van der Waals surface area (Å²) >= 11 is 1.62. The molecule has 0 radical (unpaired) electrons. The lowest BCUT2D eigenvalue weighted by atomic mass is 10.1. The predicted octanol–water partition coefficient (Wildman–Crippen LogP) is 3.31. The molecule has 0 saturated carbocycles. The number of hydrogen-bond acceptors (Lipinski definition) is 4. The van der Waals surface area contributed by atoms with Crippen molar-refractivity contribution < 1.29 is 0 Å². The quantitative estimate of drug-likeness (QED) is 0.531. The first-order valence-electron chi connectivity index (χ1n) is 5.97. The summed E-state index contributed by atoms with van der Waals surface area (Å²) < 4.78 is 1.95. The van der Waals surface area contributed by atoms with Crippen LogP contribution in [-0.4, -0.2) is 19.6 Å². The van der Waals surface area contributed by atoms with Gasteiger partial charge in [0.1, 0.15) is 11.2 Å². The van der Waals surface area contributed by atoms with Gasteiger partial charge in [-0.05, 0) is 24.4 Å². The molecule has 0 amide bonds. The average molecular weight is 266 g/mol. The summed E-state index contributed by atoms with van der Waals surface area (Å²) in [5, 5.41) is 11.7. The van der Waals surface area contributed by atoms with E-state index in [-0.39, 0.29) is 0 Å². The van der Waals surface area contributed by atoms with Gasteiger partial charge in [-0.25, -0.2) is 4.98 Å². The summed E-state index contributed by atoms with van der Waals surface area (Å²) in [6.07, 6.45) is 1.80. The topological polar surface area (TPSA) is 43.1 Å². The summed E-state index contributed by atoms with van der Waals surface area (Å²) in [5.74, 6) is 0.833. The lowest BCUT2D eigenvalue weighted by Gasteiger charge is -2.01. The minimum absolute atomic E-state index is 0.833.